The van der Waals surface area contributed by atoms with E-state index in [9.17, 15) is 9.59 Å². The van der Waals surface area contributed by atoms with Crippen molar-refractivity contribution in [2.45, 2.75) is 46.7 Å². The first kappa shape index (κ1) is 21.9. The second-order valence-corrected chi connectivity index (χ2v) is 8.89. The molecule has 0 radical (unpaired) electrons. The maximum absolute atomic E-state index is 12.7. The Morgan fingerprint density at radius 3 is 2.62 bits per heavy atom. The van der Waals surface area contributed by atoms with Gasteiger partial charge in [0.25, 0.3) is 0 Å². The van der Waals surface area contributed by atoms with Gasteiger partial charge in [-0.15, -0.1) is 0 Å². The lowest BCUT2D eigenvalue weighted by molar-refractivity contribution is -0.118. The predicted octanol–water partition coefficient (Wildman–Crippen LogP) is 4.92. The number of imidazole rings is 1. The van der Waals surface area contributed by atoms with Crippen molar-refractivity contribution in [1.82, 2.24) is 9.55 Å². The fourth-order valence-electron chi connectivity index (χ4n) is 4.14. The lowest BCUT2D eigenvalue weighted by atomic mass is 9.95. The van der Waals surface area contributed by atoms with E-state index in [4.69, 9.17) is 9.72 Å². The van der Waals surface area contributed by atoms with Crippen molar-refractivity contribution in [1.29, 1.82) is 0 Å². The zero-order chi connectivity index (χ0) is 23.0. The Morgan fingerprint density at radius 2 is 1.94 bits per heavy atom. The Labute approximate surface area is 188 Å². The zero-order valence-electron chi connectivity index (χ0n) is 19.2. The number of aromatic nitrogens is 2. The molecule has 0 aliphatic carbocycles. The van der Waals surface area contributed by atoms with E-state index in [-0.39, 0.29) is 23.8 Å². The number of amides is 1. The molecular formula is C25H30N4O3. The lowest BCUT2D eigenvalue weighted by Gasteiger charge is -2.30. The molecule has 4 rings (SSSR count). The van der Waals surface area contributed by atoms with Crippen LogP contribution in [0.1, 0.15) is 44.5 Å². The molecule has 2 N–H and O–H groups in total. The van der Waals surface area contributed by atoms with Crippen LogP contribution in [0.2, 0.25) is 0 Å². The highest BCUT2D eigenvalue weighted by Gasteiger charge is 2.29. The maximum Gasteiger partial charge on any atom is 0.337 e. The van der Waals surface area contributed by atoms with Crippen molar-refractivity contribution in [2.75, 3.05) is 17.7 Å². The second kappa shape index (κ2) is 8.65. The summed E-state index contributed by atoms with van der Waals surface area (Å²) in [4.78, 5) is 29.5. The van der Waals surface area contributed by atoms with Gasteiger partial charge in [-0.3, -0.25) is 4.79 Å². The zero-order valence-corrected chi connectivity index (χ0v) is 19.2. The van der Waals surface area contributed by atoms with E-state index in [2.05, 4.69) is 42.9 Å². The molecule has 3 aromatic rings. The highest BCUT2D eigenvalue weighted by atomic mass is 16.5. The molecule has 168 valence electrons. The van der Waals surface area contributed by atoms with Crippen LogP contribution in [0.5, 0.6) is 0 Å². The van der Waals surface area contributed by atoms with Crippen LogP contribution in [-0.4, -0.2) is 34.6 Å². The number of rotatable bonds is 6. The van der Waals surface area contributed by atoms with Crippen molar-refractivity contribution < 1.29 is 14.3 Å². The molecule has 0 saturated heterocycles. The van der Waals surface area contributed by atoms with Gasteiger partial charge in [-0.2, -0.15) is 0 Å². The quantitative estimate of drug-likeness (QED) is 0.538. The molecule has 32 heavy (non-hydrogen) atoms. The van der Waals surface area contributed by atoms with Crippen molar-refractivity contribution in [3.05, 3.63) is 42.0 Å². The number of nitrogens with one attached hydrogen (secondary N) is 2. The molecule has 7 heteroatoms. The van der Waals surface area contributed by atoms with Crippen molar-refractivity contribution >= 4 is 34.3 Å². The SMILES string of the molecule is CCC(C)[C@@H]1Nc2ccc(-c3nc4cc(C(=O)OC)ccc4n3CC(C)C)cc2NC1=O. The van der Waals surface area contributed by atoms with Gasteiger partial charge >= 0.3 is 5.97 Å². The number of nitrogens with zero attached hydrogens (tertiary/aromatic N) is 2. The Kier molecular flexibility index (Phi) is 5.91. The minimum Gasteiger partial charge on any atom is -0.465 e. The third kappa shape index (κ3) is 3.95. The summed E-state index contributed by atoms with van der Waals surface area (Å²) in [5.41, 5.74) is 4.74. The average molecular weight is 435 g/mol. The minimum atomic E-state index is -0.384. The molecule has 7 nitrogen and oxygen atoms in total. The molecular weight excluding hydrogens is 404 g/mol. The van der Waals surface area contributed by atoms with Crippen molar-refractivity contribution in [2.24, 2.45) is 11.8 Å². The fraction of sp³-hybridized carbons (Fsp3) is 0.400. The van der Waals surface area contributed by atoms with Crippen LogP contribution in [0.25, 0.3) is 22.4 Å². The van der Waals surface area contributed by atoms with Crippen LogP contribution in [-0.2, 0) is 16.1 Å². The van der Waals surface area contributed by atoms with Gasteiger partial charge in [0.15, 0.2) is 0 Å². The average Bonchev–Trinajstić information content (AvgIpc) is 3.14. The van der Waals surface area contributed by atoms with Gasteiger partial charge in [0, 0.05) is 12.1 Å². The van der Waals surface area contributed by atoms with Crippen LogP contribution < -0.4 is 10.6 Å². The number of fused-ring (bicyclic) bond motifs is 2. The molecule has 1 aliphatic rings. The normalized spacial score (nSPS) is 16.4. The van der Waals surface area contributed by atoms with E-state index in [0.29, 0.717) is 11.5 Å². The van der Waals surface area contributed by atoms with Gasteiger partial charge in [-0.1, -0.05) is 34.1 Å². The summed E-state index contributed by atoms with van der Waals surface area (Å²) in [5, 5.41) is 6.45. The van der Waals surface area contributed by atoms with E-state index >= 15 is 0 Å². The molecule has 2 atom stereocenters. The van der Waals surface area contributed by atoms with Gasteiger partial charge in [0.1, 0.15) is 11.9 Å². The number of carbonyl (C=O) groups excluding carboxylic acids is 2. The first-order chi connectivity index (χ1) is 15.3. The number of methoxy groups -OCH3 is 1. The van der Waals surface area contributed by atoms with Gasteiger partial charge < -0.3 is 19.9 Å². The highest BCUT2D eigenvalue weighted by molar-refractivity contribution is 6.04. The molecule has 0 saturated carbocycles. The van der Waals surface area contributed by atoms with Crippen molar-refractivity contribution in [3.8, 4) is 11.4 Å². The largest absolute Gasteiger partial charge is 0.465 e. The van der Waals surface area contributed by atoms with E-state index in [1.807, 2.05) is 24.3 Å². The fourth-order valence-corrected chi connectivity index (χ4v) is 4.14. The molecule has 2 aromatic carbocycles. The molecule has 0 bridgehead atoms. The van der Waals surface area contributed by atoms with E-state index in [1.165, 1.54) is 7.11 Å². The number of ether oxygens (including phenoxy) is 1. The Hall–Kier alpha value is -3.35. The first-order valence-electron chi connectivity index (χ1n) is 11.1. The van der Waals surface area contributed by atoms with E-state index in [1.54, 1.807) is 12.1 Å². The van der Waals surface area contributed by atoms with Crippen LogP contribution >= 0.6 is 0 Å². The molecule has 0 fully saturated rings. The number of carbonyl (C=O) groups is 2. The van der Waals surface area contributed by atoms with Crippen LogP contribution in [0, 0.1) is 11.8 Å². The third-order valence-electron chi connectivity index (χ3n) is 6.06. The summed E-state index contributed by atoms with van der Waals surface area (Å²) in [7, 11) is 1.37. The number of esters is 1. The summed E-state index contributed by atoms with van der Waals surface area (Å²) in [5.74, 6) is 1.05. The monoisotopic (exact) mass is 434 g/mol. The molecule has 1 amide bonds. The van der Waals surface area contributed by atoms with E-state index in [0.717, 1.165) is 46.8 Å². The van der Waals surface area contributed by atoms with Gasteiger partial charge in [0.05, 0.1) is 35.1 Å². The summed E-state index contributed by atoms with van der Waals surface area (Å²) in [6, 6.07) is 11.2. The minimum absolute atomic E-state index is 0.0117. The van der Waals surface area contributed by atoms with Crippen LogP contribution in [0.4, 0.5) is 11.4 Å². The highest BCUT2D eigenvalue weighted by Crippen LogP contribution is 2.35. The lowest BCUT2D eigenvalue weighted by Crippen LogP contribution is -2.43. The van der Waals surface area contributed by atoms with Crippen molar-refractivity contribution in [3.63, 3.8) is 0 Å². The van der Waals surface area contributed by atoms with Gasteiger partial charge in [0.2, 0.25) is 5.91 Å². The smallest absolute Gasteiger partial charge is 0.337 e. The topological polar surface area (TPSA) is 85.2 Å². The Bertz CT molecular complexity index is 1180. The standard InChI is InChI=1S/C25H30N4O3/c1-6-15(4)22-24(30)28-19-11-16(7-9-18(19)26-22)23-27-20-12-17(25(31)32-5)8-10-21(20)29(23)13-14(2)3/h7-12,14-15,22,26H,6,13H2,1-5H3,(H,28,30)/t15?,22-/m0/s1. The number of hydrogen-bond donors (Lipinski definition) is 2. The molecule has 1 unspecified atom stereocenters. The second-order valence-electron chi connectivity index (χ2n) is 8.89. The summed E-state index contributed by atoms with van der Waals surface area (Å²) < 4.78 is 7.03. The molecule has 0 spiro atoms. The van der Waals surface area contributed by atoms with Crippen LogP contribution in [0.15, 0.2) is 36.4 Å². The number of hydrogen-bond acceptors (Lipinski definition) is 5. The molecule has 2 heterocycles. The summed E-state index contributed by atoms with van der Waals surface area (Å²) in [6.07, 6.45) is 0.922. The first-order valence-corrected chi connectivity index (χ1v) is 11.1. The Balaban J connectivity index is 1.78. The molecule has 1 aromatic heterocycles. The summed E-state index contributed by atoms with van der Waals surface area (Å²) in [6.45, 7) is 9.26. The van der Waals surface area contributed by atoms with Gasteiger partial charge in [-0.25, -0.2) is 9.78 Å². The Morgan fingerprint density at radius 1 is 1.16 bits per heavy atom. The summed E-state index contributed by atoms with van der Waals surface area (Å²) >= 11 is 0. The predicted molar refractivity (Wildman–Crippen MR) is 127 cm³/mol. The van der Waals surface area contributed by atoms with Crippen LogP contribution in [0.3, 0.4) is 0 Å². The van der Waals surface area contributed by atoms with E-state index < -0.39 is 0 Å². The molecule has 1 aliphatic heterocycles. The number of anilines is 2. The number of benzene rings is 2. The van der Waals surface area contributed by atoms with Gasteiger partial charge in [-0.05, 0) is 48.2 Å². The third-order valence-corrected chi connectivity index (χ3v) is 6.06. The maximum atomic E-state index is 12.7.